The highest BCUT2D eigenvalue weighted by Gasteiger charge is 2.24. The molecule has 0 amide bonds. The molecular weight excluding hydrogens is 481 g/mol. The van der Waals surface area contributed by atoms with Gasteiger partial charge in [0, 0.05) is 24.3 Å². The lowest BCUT2D eigenvalue weighted by molar-refractivity contribution is 0.231. The fraction of sp³-hybridized carbons (Fsp3) is 0.208. The Labute approximate surface area is 205 Å². The third kappa shape index (κ3) is 6.41. The third-order valence-electron chi connectivity index (χ3n) is 5.13. The van der Waals surface area contributed by atoms with E-state index in [4.69, 9.17) is 21.3 Å². The summed E-state index contributed by atoms with van der Waals surface area (Å²) < 4.78 is 31.3. The molecule has 0 saturated heterocycles. The molecule has 3 aromatic rings. The molecule has 1 aliphatic heterocycles. The van der Waals surface area contributed by atoms with E-state index < -0.39 is 10.0 Å². The first-order valence-electron chi connectivity index (χ1n) is 10.1. The van der Waals surface area contributed by atoms with Crippen molar-refractivity contribution in [1.29, 1.82) is 0 Å². The average molecular weight is 506 g/mol. The molecule has 0 saturated carbocycles. The summed E-state index contributed by atoms with van der Waals surface area (Å²) in [6.07, 6.45) is 1.12. The standard InChI is InChI=1S/C24H24ClN3O3S.ClH/c1-28-15-19-5-3-4-6-22(19)23(18-9-11-20(25)12-10-18)26-24(28)31-16-17-7-13-21(14-8-17)27-32(2,29)30;/h3-14,23,27H,15-16H2,1-2H3;1H. The maximum Gasteiger partial charge on any atom is 0.288 e. The van der Waals surface area contributed by atoms with Gasteiger partial charge in [-0.25, -0.2) is 13.4 Å². The van der Waals surface area contributed by atoms with Crippen molar-refractivity contribution < 1.29 is 13.2 Å². The van der Waals surface area contributed by atoms with Gasteiger partial charge in [0.05, 0.1) is 6.26 Å². The van der Waals surface area contributed by atoms with Crippen LogP contribution in [0.3, 0.4) is 0 Å². The summed E-state index contributed by atoms with van der Waals surface area (Å²) in [5, 5.41) is 0.682. The Bertz CT molecular complexity index is 1230. The highest BCUT2D eigenvalue weighted by Crippen LogP contribution is 2.33. The van der Waals surface area contributed by atoms with Gasteiger partial charge in [-0.3, -0.25) is 4.72 Å². The van der Waals surface area contributed by atoms with Crippen LogP contribution in [-0.2, 0) is 27.9 Å². The molecule has 0 aromatic heterocycles. The molecule has 9 heteroatoms. The number of hydrogen-bond acceptors (Lipinski definition) is 5. The van der Waals surface area contributed by atoms with E-state index in [1.807, 2.05) is 60.5 Å². The lowest BCUT2D eigenvalue weighted by Crippen LogP contribution is -2.27. The number of amidine groups is 1. The number of halogens is 2. The van der Waals surface area contributed by atoms with Gasteiger partial charge in [0.1, 0.15) is 12.6 Å². The van der Waals surface area contributed by atoms with Crippen LogP contribution in [0.1, 0.15) is 28.3 Å². The van der Waals surface area contributed by atoms with Crippen molar-refractivity contribution in [2.45, 2.75) is 19.2 Å². The first-order valence-corrected chi connectivity index (χ1v) is 12.4. The van der Waals surface area contributed by atoms with E-state index in [-0.39, 0.29) is 18.4 Å². The van der Waals surface area contributed by atoms with Gasteiger partial charge in [0.15, 0.2) is 0 Å². The van der Waals surface area contributed by atoms with E-state index in [0.29, 0.717) is 29.9 Å². The van der Waals surface area contributed by atoms with Crippen LogP contribution < -0.4 is 4.72 Å². The Morgan fingerprint density at radius 3 is 2.39 bits per heavy atom. The Balaban J connectivity index is 0.00000306. The molecule has 1 N–H and O–H groups in total. The topological polar surface area (TPSA) is 71.0 Å². The van der Waals surface area contributed by atoms with Crippen LogP contribution >= 0.6 is 24.0 Å². The van der Waals surface area contributed by atoms with Crippen LogP contribution in [0.15, 0.2) is 77.8 Å². The zero-order valence-corrected chi connectivity index (χ0v) is 20.6. The summed E-state index contributed by atoms with van der Waals surface area (Å²) >= 11 is 6.09. The largest absolute Gasteiger partial charge is 0.460 e. The molecule has 3 aromatic carbocycles. The number of ether oxygens (including phenoxy) is 1. The molecule has 0 radical (unpaired) electrons. The predicted molar refractivity (Wildman–Crippen MR) is 136 cm³/mol. The Kier molecular flexibility index (Phi) is 7.89. The molecule has 1 atom stereocenters. The molecule has 1 unspecified atom stereocenters. The molecule has 0 bridgehead atoms. The van der Waals surface area contributed by atoms with Crippen LogP contribution in [0.25, 0.3) is 0 Å². The molecule has 4 rings (SSSR count). The molecule has 0 aliphatic carbocycles. The van der Waals surface area contributed by atoms with E-state index in [1.165, 1.54) is 5.56 Å². The minimum Gasteiger partial charge on any atom is -0.460 e. The minimum absolute atomic E-state index is 0. The summed E-state index contributed by atoms with van der Waals surface area (Å²) in [5.41, 5.74) is 4.78. The van der Waals surface area contributed by atoms with Crippen LogP contribution in [0, 0.1) is 0 Å². The second-order valence-electron chi connectivity index (χ2n) is 7.78. The maximum atomic E-state index is 11.4. The number of benzene rings is 3. The fourth-order valence-corrected chi connectivity index (χ4v) is 4.31. The van der Waals surface area contributed by atoms with Crippen molar-refractivity contribution in [1.82, 2.24) is 4.90 Å². The highest BCUT2D eigenvalue weighted by molar-refractivity contribution is 7.92. The normalized spacial score (nSPS) is 15.5. The van der Waals surface area contributed by atoms with Gasteiger partial charge < -0.3 is 9.64 Å². The number of anilines is 1. The van der Waals surface area contributed by atoms with E-state index >= 15 is 0 Å². The van der Waals surface area contributed by atoms with Gasteiger partial charge in [0.2, 0.25) is 10.0 Å². The van der Waals surface area contributed by atoms with E-state index in [0.717, 1.165) is 22.9 Å². The summed E-state index contributed by atoms with van der Waals surface area (Å²) in [6.45, 7) is 0.988. The molecular formula is C24H25Cl2N3O3S. The Hall–Kier alpha value is -2.74. The summed E-state index contributed by atoms with van der Waals surface area (Å²) in [5.74, 6) is 0. The van der Waals surface area contributed by atoms with E-state index in [9.17, 15) is 8.42 Å². The van der Waals surface area contributed by atoms with Gasteiger partial charge in [-0.1, -0.05) is 60.1 Å². The van der Waals surface area contributed by atoms with Crippen molar-refractivity contribution in [3.05, 3.63) is 100 Å². The van der Waals surface area contributed by atoms with Gasteiger partial charge in [0.25, 0.3) is 6.02 Å². The molecule has 33 heavy (non-hydrogen) atoms. The highest BCUT2D eigenvalue weighted by atomic mass is 35.5. The first-order chi connectivity index (χ1) is 15.3. The minimum atomic E-state index is -3.31. The molecule has 1 aliphatic rings. The predicted octanol–water partition coefficient (Wildman–Crippen LogP) is 5.24. The van der Waals surface area contributed by atoms with Crippen molar-refractivity contribution in [3.8, 4) is 0 Å². The number of sulfonamides is 1. The number of nitrogens with zero attached hydrogens (tertiary/aromatic N) is 2. The Morgan fingerprint density at radius 1 is 1.06 bits per heavy atom. The van der Waals surface area contributed by atoms with Crippen LogP contribution in [0.4, 0.5) is 5.69 Å². The maximum absolute atomic E-state index is 11.4. The lowest BCUT2D eigenvalue weighted by Gasteiger charge is -2.20. The van der Waals surface area contributed by atoms with Crippen molar-refractivity contribution >= 4 is 45.7 Å². The molecule has 6 nitrogen and oxygen atoms in total. The number of rotatable bonds is 5. The second kappa shape index (κ2) is 10.5. The lowest BCUT2D eigenvalue weighted by atomic mass is 9.95. The van der Waals surface area contributed by atoms with E-state index in [1.54, 1.807) is 12.1 Å². The van der Waals surface area contributed by atoms with Crippen molar-refractivity contribution in [3.63, 3.8) is 0 Å². The summed E-state index contributed by atoms with van der Waals surface area (Å²) in [6, 6.07) is 23.4. The monoisotopic (exact) mass is 505 g/mol. The molecule has 0 spiro atoms. The van der Waals surface area contributed by atoms with Gasteiger partial charge in [-0.2, -0.15) is 0 Å². The quantitative estimate of drug-likeness (QED) is 0.514. The van der Waals surface area contributed by atoms with Gasteiger partial charge >= 0.3 is 0 Å². The van der Waals surface area contributed by atoms with Gasteiger partial charge in [-0.05, 0) is 46.5 Å². The zero-order valence-electron chi connectivity index (χ0n) is 18.2. The first kappa shape index (κ1) is 24.9. The third-order valence-corrected chi connectivity index (χ3v) is 5.99. The van der Waals surface area contributed by atoms with Gasteiger partial charge in [-0.15, -0.1) is 12.4 Å². The van der Waals surface area contributed by atoms with Crippen LogP contribution in [0.2, 0.25) is 5.02 Å². The van der Waals surface area contributed by atoms with Crippen molar-refractivity contribution in [2.24, 2.45) is 4.99 Å². The summed E-state index contributed by atoms with van der Waals surface area (Å²) in [4.78, 5) is 6.96. The molecule has 174 valence electrons. The number of aliphatic imine (C=N–C) groups is 1. The smallest absolute Gasteiger partial charge is 0.288 e. The molecule has 0 fully saturated rings. The van der Waals surface area contributed by atoms with Crippen molar-refractivity contribution in [2.75, 3.05) is 18.0 Å². The SMILES string of the molecule is CN1Cc2ccccc2C(c2ccc(Cl)cc2)N=C1OCc1ccc(NS(C)(=O)=O)cc1.Cl. The average Bonchev–Trinajstić information content (AvgIpc) is 2.89. The second-order valence-corrected chi connectivity index (χ2v) is 9.97. The Morgan fingerprint density at radius 2 is 1.73 bits per heavy atom. The zero-order chi connectivity index (χ0) is 22.7. The van der Waals surface area contributed by atoms with E-state index in [2.05, 4.69) is 16.9 Å². The number of hydrogen-bond donors (Lipinski definition) is 1. The fourth-order valence-electron chi connectivity index (χ4n) is 3.62. The number of nitrogens with one attached hydrogen (secondary N) is 1. The number of fused-ring (bicyclic) bond motifs is 1. The van der Waals surface area contributed by atoms with Crippen LogP contribution in [-0.4, -0.2) is 32.6 Å². The molecule has 1 heterocycles. The summed E-state index contributed by atoms with van der Waals surface area (Å²) in [7, 11) is -1.35. The van der Waals surface area contributed by atoms with Crippen LogP contribution in [0.5, 0.6) is 0 Å².